The first-order valence-electron chi connectivity index (χ1n) is 11.2. The van der Waals surface area contributed by atoms with E-state index in [0.29, 0.717) is 22.2 Å². The Morgan fingerprint density at radius 2 is 2.06 bits per heavy atom. The van der Waals surface area contributed by atoms with Crippen molar-refractivity contribution in [3.05, 3.63) is 63.4 Å². The van der Waals surface area contributed by atoms with Gasteiger partial charge in [-0.1, -0.05) is 44.0 Å². The van der Waals surface area contributed by atoms with Crippen LogP contribution < -0.4 is 5.73 Å². The molecular weight excluding hydrogens is 436 g/mol. The standard InChI is InChI=1S/C19H20ClN3.C7H13NO2/c1-4-5-6-15(17-10-23-11-18(22)19(17)20)16-8-14(9-21)12(2)7-13(16)3;1-6-3-4-8(5-6)7(9)10-2/h6-8,10-11H,4-5,22H2,1-3H3;6H,3-5H2,1-2H3/b15-6+;. The first kappa shape index (κ1) is 26.2. The third-order valence-corrected chi connectivity index (χ3v) is 6.09. The smallest absolute Gasteiger partial charge is 0.409 e. The molecule has 176 valence electrons. The number of nitriles is 1. The van der Waals surface area contributed by atoms with Gasteiger partial charge in [-0.05, 0) is 60.9 Å². The van der Waals surface area contributed by atoms with Gasteiger partial charge in [-0.2, -0.15) is 5.26 Å². The molecule has 1 saturated heterocycles. The number of hydrogen-bond donors (Lipinski definition) is 1. The number of carbonyl (C=O) groups excluding carboxylic acids is 1. The molecule has 0 spiro atoms. The van der Waals surface area contributed by atoms with E-state index in [4.69, 9.17) is 17.3 Å². The number of methoxy groups -OCH3 is 1. The summed E-state index contributed by atoms with van der Waals surface area (Å²) in [4.78, 5) is 16.8. The van der Waals surface area contributed by atoms with E-state index in [-0.39, 0.29) is 6.09 Å². The summed E-state index contributed by atoms with van der Waals surface area (Å²) >= 11 is 6.40. The predicted molar refractivity (Wildman–Crippen MR) is 134 cm³/mol. The Labute approximate surface area is 202 Å². The Balaban J connectivity index is 0.000000321. The second-order valence-corrected chi connectivity index (χ2v) is 8.78. The molecular formula is C26H33ClN4O2. The molecule has 7 heteroatoms. The maximum Gasteiger partial charge on any atom is 0.409 e. The van der Waals surface area contributed by atoms with E-state index < -0.39 is 0 Å². The summed E-state index contributed by atoms with van der Waals surface area (Å²) in [6.45, 7) is 9.95. The lowest BCUT2D eigenvalue weighted by atomic mass is 9.91. The summed E-state index contributed by atoms with van der Waals surface area (Å²) in [5.41, 5.74) is 11.9. The van der Waals surface area contributed by atoms with E-state index in [2.05, 4.69) is 35.7 Å². The monoisotopic (exact) mass is 468 g/mol. The number of rotatable bonds is 4. The van der Waals surface area contributed by atoms with Crippen molar-refractivity contribution in [2.75, 3.05) is 25.9 Å². The average molecular weight is 469 g/mol. The lowest BCUT2D eigenvalue weighted by Crippen LogP contribution is -2.27. The van der Waals surface area contributed by atoms with Gasteiger partial charge in [0.15, 0.2) is 0 Å². The van der Waals surface area contributed by atoms with Crippen LogP contribution in [0.1, 0.15) is 60.9 Å². The van der Waals surface area contributed by atoms with Gasteiger partial charge in [0.2, 0.25) is 0 Å². The summed E-state index contributed by atoms with van der Waals surface area (Å²) in [5.74, 6) is 0.638. The molecule has 6 nitrogen and oxygen atoms in total. The Hall–Kier alpha value is -3.04. The molecule has 0 bridgehead atoms. The van der Waals surface area contributed by atoms with Gasteiger partial charge >= 0.3 is 6.09 Å². The fraction of sp³-hybridized carbons (Fsp3) is 0.423. The highest BCUT2D eigenvalue weighted by molar-refractivity contribution is 6.35. The lowest BCUT2D eigenvalue weighted by Gasteiger charge is -2.15. The lowest BCUT2D eigenvalue weighted by molar-refractivity contribution is 0.132. The molecule has 2 aromatic rings. The van der Waals surface area contributed by atoms with Gasteiger partial charge in [0.1, 0.15) is 0 Å². The first-order valence-corrected chi connectivity index (χ1v) is 11.5. The number of allylic oxidation sites excluding steroid dienone is 1. The summed E-state index contributed by atoms with van der Waals surface area (Å²) in [6.07, 6.45) is 8.26. The molecule has 2 heterocycles. The van der Waals surface area contributed by atoms with E-state index in [1.54, 1.807) is 17.3 Å². The quantitative estimate of drug-likeness (QED) is 0.582. The number of halogens is 1. The molecule has 0 radical (unpaired) electrons. The Morgan fingerprint density at radius 1 is 1.33 bits per heavy atom. The third kappa shape index (κ3) is 6.72. The number of nitrogen functional groups attached to an aromatic ring is 1. The van der Waals surface area contributed by atoms with Crippen LogP contribution in [0.2, 0.25) is 5.02 Å². The molecule has 0 saturated carbocycles. The number of anilines is 1. The normalized spacial score (nSPS) is 15.5. The van der Waals surface area contributed by atoms with Crippen molar-refractivity contribution in [2.24, 2.45) is 5.92 Å². The number of likely N-dealkylation sites (tertiary alicyclic amines) is 1. The molecule has 1 fully saturated rings. The van der Waals surface area contributed by atoms with Crippen molar-refractivity contribution >= 4 is 29.0 Å². The van der Waals surface area contributed by atoms with E-state index in [9.17, 15) is 10.1 Å². The van der Waals surface area contributed by atoms with Crippen molar-refractivity contribution in [2.45, 2.75) is 47.0 Å². The van der Waals surface area contributed by atoms with Crippen molar-refractivity contribution in [3.8, 4) is 6.07 Å². The maximum absolute atomic E-state index is 10.9. The van der Waals surface area contributed by atoms with Gasteiger partial charge in [-0.15, -0.1) is 0 Å². The number of unbranched alkanes of at least 4 members (excludes halogenated alkanes) is 1. The topological polar surface area (TPSA) is 92.2 Å². The molecule has 1 atom stereocenters. The van der Waals surface area contributed by atoms with Crippen molar-refractivity contribution in [1.82, 2.24) is 9.88 Å². The summed E-state index contributed by atoms with van der Waals surface area (Å²) in [6, 6.07) is 6.20. The van der Waals surface area contributed by atoms with Gasteiger partial charge in [0.25, 0.3) is 0 Å². The molecule has 33 heavy (non-hydrogen) atoms. The van der Waals surface area contributed by atoms with Crippen LogP contribution in [0.25, 0.3) is 5.57 Å². The number of benzene rings is 1. The van der Waals surface area contributed by atoms with Crippen LogP contribution in [0.15, 0.2) is 30.6 Å². The average Bonchev–Trinajstić information content (AvgIpc) is 3.24. The maximum atomic E-state index is 10.9. The Kier molecular flexibility index (Phi) is 9.74. The molecule has 1 aliphatic heterocycles. The van der Waals surface area contributed by atoms with Crippen molar-refractivity contribution < 1.29 is 9.53 Å². The molecule has 3 rings (SSSR count). The number of ether oxygens (including phenoxy) is 1. The minimum Gasteiger partial charge on any atom is -0.453 e. The molecule has 2 N–H and O–H groups in total. The van der Waals surface area contributed by atoms with Crippen molar-refractivity contribution in [3.63, 3.8) is 0 Å². The fourth-order valence-corrected chi connectivity index (χ4v) is 3.99. The Bertz CT molecular complexity index is 1060. The second-order valence-electron chi connectivity index (χ2n) is 8.40. The van der Waals surface area contributed by atoms with Gasteiger partial charge in [0, 0.05) is 24.8 Å². The summed E-state index contributed by atoms with van der Waals surface area (Å²) in [7, 11) is 1.42. The van der Waals surface area contributed by atoms with Crippen LogP contribution in [0.3, 0.4) is 0 Å². The number of aryl methyl sites for hydroxylation is 2. The molecule has 1 amide bonds. The van der Waals surface area contributed by atoms with E-state index in [1.807, 2.05) is 26.0 Å². The van der Waals surface area contributed by atoms with Gasteiger partial charge in [0.05, 0.1) is 35.6 Å². The second kappa shape index (κ2) is 12.3. The number of hydrogen-bond acceptors (Lipinski definition) is 5. The number of aromatic nitrogens is 1. The largest absolute Gasteiger partial charge is 0.453 e. The van der Waals surface area contributed by atoms with Gasteiger partial charge < -0.3 is 15.4 Å². The summed E-state index contributed by atoms with van der Waals surface area (Å²) in [5, 5.41) is 9.83. The number of nitrogens with two attached hydrogens (primary N) is 1. The zero-order valence-electron chi connectivity index (χ0n) is 20.1. The van der Waals surface area contributed by atoms with Crippen LogP contribution >= 0.6 is 11.6 Å². The molecule has 0 aliphatic carbocycles. The SMILES string of the molecule is CCC/C=C(\c1cc(C#N)c(C)cc1C)c1cncc(N)c1Cl.COC(=O)N1CCC(C)C1. The number of pyridine rings is 1. The minimum atomic E-state index is -0.190. The van der Waals surface area contributed by atoms with Crippen LogP contribution in [0, 0.1) is 31.1 Å². The minimum absolute atomic E-state index is 0.190. The predicted octanol–water partition coefficient (Wildman–Crippen LogP) is 6.13. The molecule has 1 aromatic carbocycles. The zero-order valence-corrected chi connectivity index (χ0v) is 20.9. The van der Waals surface area contributed by atoms with Crippen LogP contribution in [0.4, 0.5) is 10.5 Å². The number of amides is 1. The van der Waals surface area contributed by atoms with Crippen molar-refractivity contribution in [1.29, 1.82) is 5.26 Å². The van der Waals surface area contributed by atoms with Gasteiger partial charge in [-0.3, -0.25) is 4.98 Å². The number of carbonyl (C=O) groups is 1. The van der Waals surface area contributed by atoms with Crippen LogP contribution in [-0.4, -0.2) is 36.2 Å². The van der Waals surface area contributed by atoms with E-state index in [0.717, 1.165) is 60.2 Å². The van der Waals surface area contributed by atoms with E-state index in [1.165, 1.54) is 7.11 Å². The highest BCUT2D eigenvalue weighted by Gasteiger charge is 2.23. The van der Waals surface area contributed by atoms with E-state index >= 15 is 0 Å². The van der Waals surface area contributed by atoms with Crippen LogP contribution in [0.5, 0.6) is 0 Å². The third-order valence-electron chi connectivity index (χ3n) is 5.67. The first-order chi connectivity index (χ1) is 15.7. The zero-order chi connectivity index (χ0) is 24.5. The molecule has 1 aliphatic rings. The number of nitrogens with zero attached hydrogens (tertiary/aromatic N) is 3. The van der Waals surface area contributed by atoms with Crippen LogP contribution in [-0.2, 0) is 4.74 Å². The molecule has 1 aromatic heterocycles. The highest BCUT2D eigenvalue weighted by Crippen LogP contribution is 2.35. The fourth-order valence-electron chi connectivity index (χ4n) is 3.80. The molecule has 1 unspecified atom stereocenters. The van der Waals surface area contributed by atoms with Gasteiger partial charge in [-0.25, -0.2) is 4.79 Å². The Morgan fingerprint density at radius 3 is 2.64 bits per heavy atom. The highest BCUT2D eigenvalue weighted by atomic mass is 35.5. The summed E-state index contributed by atoms with van der Waals surface area (Å²) < 4.78 is 4.57.